The average molecular weight is 340 g/mol. The Bertz CT molecular complexity index is 560. The van der Waals surface area contributed by atoms with Crippen LogP contribution in [0.25, 0.3) is 0 Å². The number of ether oxygens (including phenoxy) is 1. The summed E-state index contributed by atoms with van der Waals surface area (Å²) in [5, 5.41) is 1.11. The van der Waals surface area contributed by atoms with Crippen LogP contribution in [0.15, 0.2) is 18.2 Å². The van der Waals surface area contributed by atoms with E-state index in [9.17, 15) is 0 Å². The highest BCUT2D eigenvalue weighted by molar-refractivity contribution is 6.42. The van der Waals surface area contributed by atoms with E-state index >= 15 is 0 Å². The summed E-state index contributed by atoms with van der Waals surface area (Å²) in [6.45, 7) is 0.767. The van der Waals surface area contributed by atoms with E-state index < -0.39 is 0 Å². The highest BCUT2D eigenvalue weighted by Gasteiger charge is 2.50. The molecule has 2 saturated heterocycles. The lowest BCUT2D eigenvalue weighted by atomic mass is 9.77. The molecule has 120 valence electrons. The van der Waals surface area contributed by atoms with Crippen LogP contribution < -0.4 is 4.74 Å². The van der Waals surface area contributed by atoms with E-state index in [0.29, 0.717) is 22.0 Å². The first-order chi connectivity index (χ1) is 10.6. The molecule has 0 spiro atoms. The SMILES string of the molecule is CN1C2CCC1[C@H](COc1cccc(Cl)c1Cl)[C@H](C1CC1)C2. The molecule has 2 heterocycles. The Morgan fingerprint density at radius 2 is 2.00 bits per heavy atom. The molecule has 4 heteroatoms. The number of fused-ring (bicyclic) bond motifs is 2. The molecule has 2 unspecified atom stereocenters. The van der Waals surface area contributed by atoms with E-state index in [-0.39, 0.29) is 0 Å². The van der Waals surface area contributed by atoms with Gasteiger partial charge in [0.2, 0.25) is 0 Å². The second-order valence-corrected chi connectivity index (χ2v) is 8.01. The molecule has 1 saturated carbocycles. The van der Waals surface area contributed by atoms with Gasteiger partial charge in [-0.2, -0.15) is 0 Å². The lowest BCUT2D eigenvalue weighted by Crippen LogP contribution is -2.49. The van der Waals surface area contributed by atoms with Crippen LogP contribution >= 0.6 is 23.2 Å². The van der Waals surface area contributed by atoms with Crippen LogP contribution in [0.3, 0.4) is 0 Å². The molecule has 4 atom stereocenters. The van der Waals surface area contributed by atoms with Gasteiger partial charge < -0.3 is 9.64 Å². The molecule has 3 aliphatic rings. The van der Waals surface area contributed by atoms with Gasteiger partial charge in [0.05, 0.1) is 11.6 Å². The summed E-state index contributed by atoms with van der Waals surface area (Å²) in [5.41, 5.74) is 0. The molecule has 1 aromatic carbocycles. The van der Waals surface area contributed by atoms with E-state index in [0.717, 1.165) is 30.2 Å². The van der Waals surface area contributed by atoms with Crippen molar-refractivity contribution in [2.24, 2.45) is 17.8 Å². The zero-order valence-corrected chi connectivity index (χ0v) is 14.5. The molecule has 0 aromatic heterocycles. The van der Waals surface area contributed by atoms with Crippen molar-refractivity contribution in [3.8, 4) is 5.75 Å². The Kier molecular flexibility index (Phi) is 4.04. The first-order valence-electron chi connectivity index (χ1n) is 8.44. The highest BCUT2D eigenvalue weighted by Crippen LogP contribution is 2.51. The van der Waals surface area contributed by atoms with Crippen molar-refractivity contribution in [1.82, 2.24) is 4.90 Å². The fourth-order valence-electron chi connectivity index (χ4n) is 4.70. The summed E-state index contributed by atoms with van der Waals surface area (Å²) < 4.78 is 6.12. The van der Waals surface area contributed by atoms with Crippen LogP contribution in [-0.2, 0) is 0 Å². The summed E-state index contributed by atoms with van der Waals surface area (Å²) in [7, 11) is 2.30. The molecule has 1 aliphatic carbocycles. The number of hydrogen-bond acceptors (Lipinski definition) is 2. The smallest absolute Gasteiger partial charge is 0.139 e. The standard InChI is InChI=1S/C18H23Cl2NO/c1-21-12-7-8-16(21)14(13(9-12)11-5-6-11)10-22-17-4-2-3-15(19)18(17)20/h2-4,11-14,16H,5-10H2,1H3/t12?,13-,14+,16?/m0/s1. The van der Waals surface area contributed by atoms with Gasteiger partial charge in [-0.15, -0.1) is 0 Å². The Labute approximate surface area is 142 Å². The van der Waals surface area contributed by atoms with Crippen LogP contribution in [0.2, 0.25) is 10.0 Å². The van der Waals surface area contributed by atoms with E-state index in [1.807, 2.05) is 12.1 Å². The second kappa shape index (κ2) is 5.89. The van der Waals surface area contributed by atoms with Gasteiger partial charge >= 0.3 is 0 Å². The normalized spacial score (nSPS) is 34.9. The molecule has 2 nitrogen and oxygen atoms in total. The summed E-state index contributed by atoms with van der Waals surface area (Å²) in [6, 6.07) is 7.12. The molecule has 22 heavy (non-hydrogen) atoms. The molecule has 1 aromatic rings. The van der Waals surface area contributed by atoms with Gasteiger partial charge in [-0.25, -0.2) is 0 Å². The minimum absolute atomic E-state index is 0.542. The Hall–Kier alpha value is -0.440. The number of nitrogens with zero attached hydrogens (tertiary/aromatic N) is 1. The van der Waals surface area contributed by atoms with E-state index in [2.05, 4.69) is 11.9 Å². The van der Waals surface area contributed by atoms with Crippen LogP contribution in [0.4, 0.5) is 0 Å². The zero-order valence-electron chi connectivity index (χ0n) is 13.0. The minimum Gasteiger partial charge on any atom is -0.492 e. The third-order valence-corrected chi connectivity index (χ3v) is 6.86. The molecule has 4 rings (SSSR count). The molecule has 0 N–H and O–H groups in total. The topological polar surface area (TPSA) is 12.5 Å². The van der Waals surface area contributed by atoms with Crippen molar-refractivity contribution in [2.75, 3.05) is 13.7 Å². The number of hydrogen-bond donors (Lipinski definition) is 0. The summed E-state index contributed by atoms with van der Waals surface area (Å²) in [4.78, 5) is 2.60. The fourth-order valence-corrected chi connectivity index (χ4v) is 5.04. The predicted molar refractivity (Wildman–Crippen MR) is 90.9 cm³/mol. The van der Waals surface area contributed by atoms with E-state index in [4.69, 9.17) is 27.9 Å². The third-order valence-electron chi connectivity index (χ3n) is 6.06. The molecule has 0 radical (unpaired) electrons. The van der Waals surface area contributed by atoms with Crippen LogP contribution in [-0.4, -0.2) is 30.6 Å². The van der Waals surface area contributed by atoms with Crippen molar-refractivity contribution < 1.29 is 4.74 Å². The summed E-state index contributed by atoms with van der Waals surface area (Å²) in [5.74, 6) is 3.14. The monoisotopic (exact) mass is 339 g/mol. The van der Waals surface area contributed by atoms with Gasteiger partial charge in [0.25, 0.3) is 0 Å². The average Bonchev–Trinajstić information content (AvgIpc) is 3.30. The quantitative estimate of drug-likeness (QED) is 0.774. The first-order valence-corrected chi connectivity index (χ1v) is 9.19. The number of benzene rings is 1. The maximum absolute atomic E-state index is 6.26. The molecular weight excluding hydrogens is 317 g/mol. The van der Waals surface area contributed by atoms with Crippen molar-refractivity contribution in [3.63, 3.8) is 0 Å². The Morgan fingerprint density at radius 3 is 2.77 bits per heavy atom. The van der Waals surface area contributed by atoms with Gasteiger partial charge in [-0.1, -0.05) is 29.3 Å². The minimum atomic E-state index is 0.542. The molecule has 2 bridgehead atoms. The lowest BCUT2D eigenvalue weighted by molar-refractivity contribution is 0.0283. The van der Waals surface area contributed by atoms with Gasteiger partial charge in [-0.3, -0.25) is 0 Å². The highest BCUT2D eigenvalue weighted by atomic mass is 35.5. The summed E-state index contributed by atoms with van der Waals surface area (Å²) in [6.07, 6.45) is 6.87. The number of rotatable bonds is 4. The van der Waals surface area contributed by atoms with E-state index in [1.165, 1.54) is 32.1 Å². The van der Waals surface area contributed by atoms with Crippen molar-refractivity contribution in [3.05, 3.63) is 28.2 Å². The maximum atomic E-state index is 6.26. The van der Waals surface area contributed by atoms with Crippen molar-refractivity contribution in [2.45, 2.75) is 44.2 Å². The van der Waals surface area contributed by atoms with Crippen LogP contribution in [0.1, 0.15) is 32.1 Å². The number of piperidine rings is 1. The zero-order chi connectivity index (χ0) is 15.3. The molecule has 2 aliphatic heterocycles. The van der Waals surface area contributed by atoms with Gasteiger partial charge in [0, 0.05) is 18.0 Å². The van der Waals surface area contributed by atoms with E-state index in [1.54, 1.807) is 6.07 Å². The first kappa shape index (κ1) is 15.1. The van der Waals surface area contributed by atoms with Crippen LogP contribution in [0.5, 0.6) is 5.75 Å². The summed E-state index contributed by atoms with van der Waals surface area (Å²) >= 11 is 12.4. The second-order valence-electron chi connectivity index (χ2n) is 7.23. The molecular formula is C18H23Cl2NO. The molecule has 3 fully saturated rings. The van der Waals surface area contributed by atoms with Crippen LogP contribution in [0, 0.1) is 17.8 Å². The Balaban J connectivity index is 1.50. The maximum Gasteiger partial charge on any atom is 0.139 e. The third kappa shape index (κ3) is 2.64. The molecule has 0 amide bonds. The van der Waals surface area contributed by atoms with Crippen molar-refractivity contribution >= 4 is 23.2 Å². The number of halogens is 2. The van der Waals surface area contributed by atoms with Gasteiger partial charge in [-0.05, 0) is 63.1 Å². The largest absolute Gasteiger partial charge is 0.492 e. The fraction of sp³-hybridized carbons (Fsp3) is 0.667. The van der Waals surface area contributed by atoms with Gasteiger partial charge in [0.15, 0.2) is 0 Å². The van der Waals surface area contributed by atoms with Gasteiger partial charge in [0.1, 0.15) is 10.8 Å². The Morgan fingerprint density at radius 1 is 1.18 bits per heavy atom. The lowest BCUT2D eigenvalue weighted by Gasteiger charge is -2.43. The predicted octanol–water partition coefficient (Wildman–Crippen LogP) is 4.88. The van der Waals surface area contributed by atoms with Crippen molar-refractivity contribution in [1.29, 1.82) is 0 Å².